The van der Waals surface area contributed by atoms with Crippen LogP contribution in [0.25, 0.3) is 60.8 Å². The van der Waals surface area contributed by atoms with Gasteiger partial charge in [-0.15, -0.1) is 58.8 Å². The van der Waals surface area contributed by atoms with E-state index in [-0.39, 0.29) is 85.8 Å². The van der Waals surface area contributed by atoms with Crippen LogP contribution in [0.4, 0.5) is 22.7 Å². The fraction of sp³-hybridized carbons (Fsp3) is 0.0794. The van der Waals surface area contributed by atoms with Crippen molar-refractivity contribution in [1.29, 1.82) is 0 Å². The summed E-state index contributed by atoms with van der Waals surface area (Å²) < 4.78 is 7.85. The van der Waals surface area contributed by atoms with Crippen molar-refractivity contribution in [2.24, 2.45) is 0 Å². The summed E-state index contributed by atoms with van der Waals surface area (Å²) in [4.78, 5) is 12.7. The van der Waals surface area contributed by atoms with Crippen molar-refractivity contribution in [3.05, 3.63) is 262 Å². The maximum Gasteiger partial charge on any atom is 0.116 e. The van der Waals surface area contributed by atoms with Gasteiger partial charge in [0.2, 0.25) is 0 Å². The maximum absolute atomic E-state index is 5.99. The van der Waals surface area contributed by atoms with E-state index in [4.69, 9.17) is 4.42 Å². The quantitative estimate of drug-likeness (QED) is 0.163. The molecule has 0 unspecified atom stereocenters. The summed E-state index contributed by atoms with van der Waals surface area (Å²) >= 11 is 0. The zero-order valence-corrected chi connectivity index (χ0v) is 50.8. The predicted octanol–water partition coefficient (Wildman–Crippen LogP) is 14.6. The molecule has 0 bridgehead atoms. The van der Waals surface area contributed by atoms with Crippen molar-refractivity contribution in [3.8, 4) is 28.1 Å². The van der Waals surface area contributed by atoms with Gasteiger partial charge in [-0.2, -0.15) is 79.1 Å². The zero-order chi connectivity index (χ0) is 48.3. The fourth-order valence-corrected chi connectivity index (χ4v) is 9.49. The average molecular weight is 1690 g/mol. The molecule has 75 heavy (non-hydrogen) atoms. The first-order valence-corrected chi connectivity index (χ1v) is 23.6. The second-order valence-corrected chi connectivity index (χ2v) is 17.9. The number of anilines is 4. The van der Waals surface area contributed by atoms with E-state index in [9.17, 15) is 0 Å². The van der Waals surface area contributed by atoms with Crippen LogP contribution >= 0.6 is 0 Å². The molecule has 0 N–H and O–H groups in total. The minimum absolute atomic E-state index is 0. The third-order valence-electron chi connectivity index (χ3n) is 13.0. The Hall–Kier alpha value is -6.28. The van der Waals surface area contributed by atoms with Crippen molar-refractivity contribution in [1.82, 2.24) is 19.7 Å². The molecule has 0 spiro atoms. The maximum atomic E-state index is 5.99. The van der Waals surface area contributed by atoms with Gasteiger partial charge in [0.1, 0.15) is 5.58 Å². The second-order valence-electron chi connectivity index (χ2n) is 17.9. The predicted molar refractivity (Wildman–Crippen MR) is 289 cm³/mol. The van der Waals surface area contributed by atoms with Crippen molar-refractivity contribution in [3.63, 3.8) is 0 Å². The van der Waals surface area contributed by atoms with Crippen LogP contribution in [0.15, 0.2) is 217 Å². The summed E-state index contributed by atoms with van der Waals surface area (Å²) in [7, 11) is 4.05. The summed E-state index contributed by atoms with van der Waals surface area (Å²) in [5, 5.41) is 8.95. The minimum Gasteiger partial charge on any atom is -0.514 e. The molecule has 11 aromatic rings. The minimum atomic E-state index is 0. The molecule has 0 saturated carbocycles. The van der Waals surface area contributed by atoms with Gasteiger partial charge in [-0.05, 0) is 90.0 Å². The van der Waals surface area contributed by atoms with Crippen molar-refractivity contribution >= 4 is 55.5 Å². The Labute approximate surface area is 493 Å². The fourth-order valence-electron chi connectivity index (χ4n) is 9.49. The number of hydrogen-bond donors (Lipinski definition) is 0. The van der Waals surface area contributed by atoms with Crippen LogP contribution in [0.3, 0.4) is 0 Å². The van der Waals surface area contributed by atoms with Gasteiger partial charge in [0, 0.05) is 121 Å². The monoisotopic (exact) mass is 1690 g/mol. The Kier molecular flexibility index (Phi) is 18.8. The zero-order valence-electron chi connectivity index (χ0n) is 41.2. The molecule has 0 saturated heterocycles. The summed E-state index contributed by atoms with van der Waals surface area (Å²) in [5.41, 5.74) is 14.6. The van der Waals surface area contributed by atoms with Gasteiger partial charge in [0.15, 0.2) is 0 Å². The number of nitrogens with zero attached hydrogens (tertiary/aromatic N) is 7. The number of para-hydroxylation sites is 4. The molecule has 3 aromatic heterocycles. The molecular formula is C63H49Ir4N7O-6. The summed E-state index contributed by atoms with van der Waals surface area (Å²) in [6, 6.07) is 74.6. The summed E-state index contributed by atoms with van der Waals surface area (Å²) in [6.45, 7) is 8.64. The van der Waals surface area contributed by atoms with E-state index in [1.54, 1.807) is 6.20 Å². The summed E-state index contributed by atoms with van der Waals surface area (Å²) in [6.07, 6.45) is 9.58. The van der Waals surface area contributed by atoms with E-state index in [0.29, 0.717) is 0 Å². The second kappa shape index (κ2) is 25.0. The van der Waals surface area contributed by atoms with Crippen LogP contribution in [0.2, 0.25) is 0 Å². The standard InChI is InChI=1S/C18H15N2.C16H12N2O.C15H10N.C14H12N2.4Ir/c1-18(2)16-7-4-3-6-14(16)15-9-8-13(12-17(15)18)20-11-5-10-19-20;1-17-9-10-18(11-17)14-7-4-6-13-12-5-2-3-8-15(12)19-16(13)14;1-2-7-13(8-3-1)15-14-9-5-4-6-12(14)10-11-16-15;1-15-11-16(12-7-3-2-4-8-12)14-10-6-5-9-13(14)15;;;;/h3-7,9-12H,1-2H3;2-6,8-11H,1H3;1-7,9-11H;2-7,9-11H,1H3;;;;/q-1;-2;-1;-2;;;;. The Morgan fingerprint density at radius 1 is 0.560 bits per heavy atom. The number of furan rings is 1. The van der Waals surface area contributed by atoms with Gasteiger partial charge < -0.3 is 29.0 Å². The first-order chi connectivity index (χ1) is 34.8. The van der Waals surface area contributed by atoms with Gasteiger partial charge in [-0.1, -0.05) is 109 Å². The number of fused-ring (bicyclic) bond motifs is 8. The Balaban J connectivity index is 0.000000144. The van der Waals surface area contributed by atoms with E-state index in [0.717, 1.165) is 50.3 Å². The van der Waals surface area contributed by atoms with Crippen molar-refractivity contribution in [2.75, 3.05) is 28.8 Å². The molecule has 1 aliphatic carbocycles. The first kappa shape index (κ1) is 56.4. The number of benzene rings is 8. The molecule has 3 aliphatic rings. The van der Waals surface area contributed by atoms with E-state index < -0.39 is 0 Å². The molecule has 0 amide bonds. The van der Waals surface area contributed by atoms with Crippen LogP contribution in [-0.4, -0.2) is 33.8 Å². The van der Waals surface area contributed by atoms with Gasteiger partial charge in [-0.3, -0.25) is 4.68 Å². The molecule has 0 atom stereocenters. The molecule has 2 aliphatic heterocycles. The number of rotatable bonds is 4. The molecule has 8 aromatic carbocycles. The number of hydrogen-bond acceptors (Lipinski definition) is 7. The van der Waals surface area contributed by atoms with Crippen LogP contribution in [0, 0.1) is 37.6 Å². The molecule has 12 heteroatoms. The SMILES string of the molecule is CC1(C)c2ccccc2-c2c[c-]c(-n3cccn3)cc21.CN1C=CN(c2[c-]ccc3c2oc2ccccc23)[CH-]1.CN1[CH-]N(c2[c-]cccc2)c2ccccc21.[Ir].[Ir].[Ir].[Ir].[c-]1ccccc1-c1nccc2ccccc12. The number of pyridine rings is 1. The van der Waals surface area contributed by atoms with Crippen molar-refractivity contribution in [2.45, 2.75) is 19.3 Å². The smallest absolute Gasteiger partial charge is 0.116 e. The van der Waals surface area contributed by atoms with Gasteiger partial charge in [0.05, 0.1) is 0 Å². The third kappa shape index (κ3) is 11.6. The molecule has 384 valence electrons. The Bertz CT molecular complexity index is 3660. The van der Waals surface area contributed by atoms with Crippen LogP contribution in [-0.2, 0) is 85.8 Å². The van der Waals surface area contributed by atoms with Crippen molar-refractivity contribution < 1.29 is 84.8 Å². The van der Waals surface area contributed by atoms with E-state index >= 15 is 0 Å². The largest absolute Gasteiger partial charge is 0.514 e. The molecule has 14 rings (SSSR count). The molecule has 4 radical (unpaired) electrons. The molecule has 5 heterocycles. The van der Waals surface area contributed by atoms with Crippen LogP contribution in [0.5, 0.6) is 0 Å². The average Bonchev–Trinajstić information content (AvgIpc) is 4.30. The van der Waals surface area contributed by atoms with Crippen LogP contribution < -0.4 is 14.7 Å². The van der Waals surface area contributed by atoms with E-state index in [1.807, 2.05) is 150 Å². The van der Waals surface area contributed by atoms with Gasteiger partial charge in [0.25, 0.3) is 0 Å². The Morgan fingerprint density at radius 2 is 1.28 bits per heavy atom. The normalized spacial score (nSPS) is 13.0. The van der Waals surface area contributed by atoms with E-state index in [2.05, 4.69) is 157 Å². The first-order valence-electron chi connectivity index (χ1n) is 23.6. The molecular weight excluding hydrogens is 1640 g/mol. The molecule has 0 fully saturated rings. The van der Waals surface area contributed by atoms with E-state index in [1.165, 1.54) is 44.4 Å². The van der Waals surface area contributed by atoms with Gasteiger partial charge >= 0.3 is 0 Å². The van der Waals surface area contributed by atoms with Crippen LogP contribution in [0.1, 0.15) is 25.0 Å². The molecule has 8 nitrogen and oxygen atoms in total. The number of aromatic nitrogens is 3. The topological polar surface area (TPSA) is 56.8 Å². The Morgan fingerprint density at radius 3 is 2.03 bits per heavy atom. The summed E-state index contributed by atoms with van der Waals surface area (Å²) in [5.74, 6) is 0. The third-order valence-corrected chi connectivity index (χ3v) is 13.0. The van der Waals surface area contributed by atoms with Gasteiger partial charge in [-0.25, -0.2) is 0 Å².